The molecule has 4 heterocycles. The van der Waals surface area contributed by atoms with E-state index >= 15 is 0 Å². The Labute approximate surface area is 255 Å². The molecule has 2 aliphatic heterocycles. The van der Waals surface area contributed by atoms with Crippen LogP contribution in [0, 0.1) is 23.2 Å². The van der Waals surface area contributed by atoms with Crippen molar-refractivity contribution in [2.75, 3.05) is 29.9 Å². The van der Waals surface area contributed by atoms with Crippen LogP contribution in [-0.2, 0) is 31.7 Å². The van der Waals surface area contributed by atoms with Gasteiger partial charge in [-0.15, -0.1) is 0 Å². The van der Waals surface area contributed by atoms with Crippen molar-refractivity contribution in [2.24, 2.45) is 18.9 Å². The third-order valence-electron chi connectivity index (χ3n) is 9.16. The van der Waals surface area contributed by atoms with Crippen molar-refractivity contribution in [2.45, 2.75) is 70.6 Å². The number of hydrogen-bond donors (Lipinski definition) is 1. The van der Waals surface area contributed by atoms with Crippen LogP contribution < -0.4 is 10.2 Å². The molecule has 0 bridgehead atoms. The minimum Gasteiger partial charge on any atom is -0.369 e. The number of nitrogens with zero attached hydrogens (tertiary/aromatic N) is 7. The second-order valence-electron chi connectivity index (χ2n) is 12.8. The lowest BCUT2D eigenvalue weighted by Crippen LogP contribution is -2.42. The Morgan fingerprint density at radius 3 is 2.61 bits per heavy atom. The van der Waals surface area contributed by atoms with E-state index in [2.05, 4.69) is 45.2 Å². The van der Waals surface area contributed by atoms with Crippen LogP contribution in [-0.4, -0.2) is 50.2 Å². The molecule has 0 spiro atoms. The van der Waals surface area contributed by atoms with Crippen molar-refractivity contribution in [3.8, 4) is 6.07 Å². The van der Waals surface area contributed by atoms with Crippen molar-refractivity contribution >= 4 is 17.5 Å². The number of likely N-dealkylation sites (tertiary alicyclic amines) is 1. The molecule has 44 heavy (non-hydrogen) atoms. The lowest BCUT2D eigenvalue weighted by Gasteiger charge is -2.45. The number of carbonyl (C=O) groups is 1. The van der Waals surface area contributed by atoms with Gasteiger partial charge in [0, 0.05) is 32.2 Å². The second-order valence-corrected chi connectivity index (χ2v) is 12.8. The first-order chi connectivity index (χ1) is 21.0. The van der Waals surface area contributed by atoms with Crippen molar-refractivity contribution < 1.29 is 18.0 Å². The zero-order valence-corrected chi connectivity index (χ0v) is 25.3. The number of rotatable bonds is 8. The monoisotopic (exact) mass is 606 g/mol. The van der Waals surface area contributed by atoms with E-state index in [9.17, 15) is 18.0 Å². The van der Waals surface area contributed by atoms with Crippen LogP contribution in [0.3, 0.4) is 0 Å². The largest absolute Gasteiger partial charge is 0.416 e. The third kappa shape index (κ3) is 5.65. The predicted octanol–water partition coefficient (Wildman–Crippen LogP) is 5.66. The standard InChI is InChI=1S/C32H37F3N8O/c1-20-6-4-9-42(16-20)17-22-10-24-25(26(11-22)32(33,34)35)18-43(29(24)44)28-13-23(12-27(39-28)37-8-5-7-36)31(14-21(2)15-31)30-38-19-41(3)40-30/h10-13,19-21H,4-6,8-9,14-18H2,1-3H3,(H,37,39)/t20-,21?,31?/m0/s1. The molecule has 1 saturated heterocycles. The van der Waals surface area contributed by atoms with Gasteiger partial charge in [-0.2, -0.15) is 23.5 Å². The summed E-state index contributed by atoms with van der Waals surface area (Å²) in [6, 6.07) is 8.63. The van der Waals surface area contributed by atoms with Crippen LogP contribution in [0.25, 0.3) is 0 Å². The molecule has 6 rings (SSSR count). The van der Waals surface area contributed by atoms with Gasteiger partial charge in [0.1, 0.15) is 18.0 Å². The van der Waals surface area contributed by atoms with E-state index < -0.39 is 23.1 Å². The molecule has 0 unspecified atom stereocenters. The van der Waals surface area contributed by atoms with Gasteiger partial charge in [-0.3, -0.25) is 19.3 Å². The average molecular weight is 607 g/mol. The molecular weight excluding hydrogens is 569 g/mol. The average Bonchev–Trinajstić information content (AvgIpc) is 3.53. The van der Waals surface area contributed by atoms with Gasteiger partial charge in [-0.1, -0.05) is 13.8 Å². The Bertz CT molecular complexity index is 1600. The molecular formula is C32H37F3N8O. The zero-order valence-electron chi connectivity index (χ0n) is 25.3. The molecule has 1 aliphatic carbocycles. The molecule has 1 saturated carbocycles. The van der Waals surface area contributed by atoms with Crippen LogP contribution >= 0.6 is 0 Å². The van der Waals surface area contributed by atoms with E-state index in [1.165, 1.54) is 11.0 Å². The van der Waals surface area contributed by atoms with Gasteiger partial charge < -0.3 is 5.32 Å². The fourth-order valence-electron chi connectivity index (χ4n) is 7.19. The van der Waals surface area contributed by atoms with E-state index in [0.717, 1.165) is 44.3 Å². The van der Waals surface area contributed by atoms with Gasteiger partial charge in [0.15, 0.2) is 5.82 Å². The van der Waals surface area contributed by atoms with Crippen LogP contribution in [0.5, 0.6) is 0 Å². The summed E-state index contributed by atoms with van der Waals surface area (Å²) in [7, 11) is 1.80. The fraction of sp³-hybridized carbons (Fsp3) is 0.531. The SMILES string of the molecule is CC1CC(c2cc(NCCC#N)nc(N3Cc4c(cc(CN5CCC[C@H](C)C5)cc4C(F)(F)F)C3=O)c2)(c2ncn(C)n2)C1. The lowest BCUT2D eigenvalue weighted by molar-refractivity contribution is -0.138. The molecule has 3 aromatic rings. The lowest BCUT2D eigenvalue weighted by atomic mass is 9.59. The number of alkyl halides is 3. The van der Waals surface area contributed by atoms with Crippen LogP contribution in [0.2, 0.25) is 0 Å². The summed E-state index contributed by atoms with van der Waals surface area (Å²) in [6.45, 7) is 6.42. The molecule has 1 atom stereocenters. The smallest absolute Gasteiger partial charge is 0.369 e. The number of hydrogen-bond acceptors (Lipinski definition) is 7. The number of aromatic nitrogens is 4. The molecule has 1 N–H and O–H groups in total. The first kappa shape index (κ1) is 30.1. The Morgan fingerprint density at radius 2 is 1.95 bits per heavy atom. The van der Waals surface area contributed by atoms with Gasteiger partial charge in [0.05, 0.1) is 30.0 Å². The predicted molar refractivity (Wildman–Crippen MR) is 159 cm³/mol. The molecule has 2 fully saturated rings. The van der Waals surface area contributed by atoms with Gasteiger partial charge in [-0.05, 0) is 85.0 Å². The number of aryl methyl sites for hydroxylation is 1. The summed E-state index contributed by atoms with van der Waals surface area (Å²) in [5, 5.41) is 16.8. The van der Waals surface area contributed by atoms with Crippen LogP contribution in [0.1, 0.15) is 84.4 Å². The van der Waals surface area contributed by atoms with Gasteiger partial charge in [-0.25, -0.2) is 9.97 Å². The number of fused-ring (bicyclic) bond motifs is 1. The molecule has 2 aromatic heterocycles. The maximum Gasteiger partial charge on any atom is 0.416 e. The van der Waals surface area contributed by atoms with E-state index in [0.29, 0.717) is 42.1 Å². The number of carbonyl (C=O) groups excluding carboxylic acids is 1. The van der Waals surface area contributed by atoms with E-state index in [-0.39, 0.29) is 29.9 Å². The highest BCUT2D eigenvalue weighted by molar-refractivity contribution is 6.10. The third-order valence-corrected chi connectivity index (χ3v) is 9.16. The Kier molecular flexibility index (Phi) is 7.86. The van der Waals surface area contributed by atoms with Crippen molar-refractivity contribution in [1.29, 1.82) is 5.26 Å². The zero-order chi connectivity index (χ0) is 31.2. The number of nitrogens with one attached hydrogen (secondary N) is 1. The second kappa shape index (κ2) is 11.5. The summed E-state index contributed by atoms with van der Waals surface area (Å²) in [6.07, 6.45) is 0.958. The molecule has 1 aromatic carbocycles. The number of benzene rings is 1. The molecule has 1 amide bonds. The number of anilines is 2. The molecule has 232 valence electrons. The minimum absolute atomic E-state index is 0.0252. The minimum atomic E-state index is -4.61. The van der Waals surface area contributed by atoms with Gasteiger partial charge >= 0.3 is 6.18 Å². The van der Waals surface area contributed by atoms with Crippen LogP contribution in [0.4, 0.5) is 24.8 Å². The molecule has 0 radical (unpaired) electrons. The topological polar surface area (TPSA) is 103 Å². The summed E-state index contributed by atoms with van der Waals surface area (Å²) >= 11 is 0. The number of halogens is 3. The molecule has 9 nitrogen and oxygen atoms in total. The Balaban J connectivity index is 1.39. The van der Waals surface area contributed by atoms with Crippen molar-refractivity contribution in [3.63, 3.8) is 0 Å². The van der Waals surface area contributed by atoms with Crippen molar-refractivity contribution in [3.05, 3.63) is 64.2 Å². The summed E-state index contributed by atoms with van der Waals surface area (Å²) in [4.78, 5) is 26.7. The maximum absolute atomic E-state index is 14.4. The normalized spacial score (nSPS) is 23.8. The van der Waals surface area contributed by atoms with E-state index in [1.54, 1.807) is 30.2 Å². The number of pyridine rings is 1. The highest BCUT2D eigenvalue weighted by Gasteiger charge is 2.49. The first-order valence-corrected chi connectivity index (χ1v) is 15.2. The number of nitriles is 1. The summed E-state index contributed by atoms with van der Waals surface area (Å²) in [5.41, 5.74) is 0.0921. The number of piperidine rings is 1. The summed E-state index contributed by atoms with van der Waals surface area (Å²) < 4.78 is 45.0. The van der Waals surface area contributed by atoms with E-state index in [1.807, 2.05) is 6.07 Å². The first-order valence-electron chi connectivity index (χ1n) is 15.2. The maximum atomic E-state index is 14.4. The van der Waals surface area contributed by atoms with E-state index in [4.69, 9.17) is 5.26 Å². The summed E-state index contributed by atoms with van der Waals surface area (Å²) in [5.74, 6) is 1.76. The molecule has 12 heteroatoms. The number of amides is 1. The Hall–Kier alpha value is -3.98. The quantitative estimate of drug-likeness (QED) is 0.330. The van der Waals surface area contributed by atoms with Crippen molar-refractivity contribution in [1.82, 2.24) is 24.6 Å². The molecule has 3 aliphatic rings. The van der Waals surface area contributed by atoms with Gasteiger partial charge in [0.2, 0.25) is 0 Å². The highest BCUT2D eigenvalue weighted by Crippen LogP contribution is 2.52. The van der Waals surface area contributed by atoms with Crippen LogP contribution in [0.15, 0.2) is 30.6 Å². The fourth-order valence-corrected chi connectivity index (χ4v) is 7.19. The Morgan fingerprint density at radius 1 is 1.16 bits per heavy atom. The van der Waals surface area contributed by atoms with Gasteiger partial charge in [0.25, 0.3) is 5.91 Å². The highest BCUT2D eigenvalue weighted by atomic mass is 19.4.